The van der Waals surface area contributed by atoms with Gasteiger partial charge in [0.2, 0.25) is 0 Å². The molecule has 0 bridgehead atoms. The van der Waals surface area contributed by atoms with E-state index in [-0.39, 0.29) is 5.88 Å². The average Bonchev–Trinajstić information content (AvgIpc) is 2.17. The molecular formula is C8H10N2O3P+. The Balaban J connectivity index is 2.24. The Morgan fingerprint density at radius 1 is 1.57 bits per heavy atom. The van der Waals surface area contributed by atoms with E-state index in [4.69, 9.17) is 4.89 Å². The molecule has 0 spiro atoms. The summed E-state index contributed by atoms with van der Waals surface area (Å²) in [5.41, 5.74) is 2.06. The van der Waals surface area contributed by atoms with Crippen LogP contribution in [0.3, 0.4) is 0 Å². The van der Waals surface area contributed by atoms with Gasteiger partial charge in [0.05, 0.1) is 5.69 Å². The molecule has 6 heteroatoms. The highest BCUT2D eigenvalue weighted by atomic mass is 31.1. The molecule has 2 N–H and O–H groups in total. The Morgan fingerprint density at radius 3 is 3.21 bits per heavy atom. The second-order valence-corrected chi connectivity index (χ2v) is 3.67. The van der Waals surface area contributed by atoms with Crippen LogP contribution >= 0.6 is 8.25 Å². The minimum absolute atomic E-state index is 0.217. The molecule has 1 aliphatic rings. The third kappa shape index (κ3) is 2.07. The Morgan fingerprint density at radius 2 is 2.43 bits per heavy atom. The zero-order chi connectivity index (χ0) is 9.97. The third-order valence-corrected chi connectivity index (χ3v) is 2.41. The van der Waals surface area contributed by atoms with Crippen LogP contribution in [0.5, 0.6) is 5.88 Å². The molecule has 0 aliphatic carbocycles. The number of aromatic nitrogens is 1. The van der Waals surface area contributed by atoms with E-state index in [1.54, 1.807) is 6.07 Å². The lowest BCUT2D eigenvalue weighted by Gasteiger charge is -2.15. The summed E-state index contributed by atoms with van der Waals surface area (Å²) < 4.78 is 15.0. The average molecular weight is 213 g/mol. The van der Waals surface area contributed by atoms with Gasteiger partial charge in [-0.25, -0.2) is 9.51 Å². The highest BCUT2D eigenvalue weighted by Crippen LogP contribution is 2.23. The van der Waals surface area contributed by atoms with Gasteiger partial charge >= 0.3 is 8.25 Å². The molecule has 1 aromatic rings. The van der Waals surface area contributed by atoms with Crippen LogP contribution in [-0.4, -0.2) is 16.4 Å². The second-order valence-electron chi connectivity index (χ2n) is 3.01. The first kappa shape index (κ1) is 9.52. The highest BCUT2D eigenvalue weighted by molar-refractivity contribution is 7.32. The van der Waals surface area contributed by atoms with Crippen LogP contribution in [0, 0.1) is 0 Å². The Labute approximate surface area is 82.1 Å². The summed E-state index contributed by atoms with van der Waals surface area (Å²) in [5, 5.41) is 3.21. The van der Waals surface area contributed by atoms with E-state index in [0.29, 0.717) is 0 Å². The van der Waals surface area contributed by atoms with E-state index in [2.05, 4.69) is 14.8 Å². The molecule has 2 heterocycles. The van der Waals surface area contributed by atoms with Crippen molar-refractivity contribution >= 4 is 8.25 Å². The van der Waals surface area contributed by atoms with Gasteiger partial charge in [0.1, 0.15) is 0 Å². The van der Waals surface area contributed by atoms with Crippen molar-refractivity contribution in [1.82, 2.24) is 10.3 Å². The highest BCUT2D eigenvalue weighted by Gasteiger charge is 2.18. The molecule has 0 aromatic carbocycles. The summed E-state index contributed by atoms with van der Waals surface area (Å²) in [6.45, 7) is 1.68. The van der Waals surface area contributed by atoms with E-state index in [1.165, 1.54) is 0 Å². The lowest BCUT2D eigenvalue weighted by molar-refractivity contribution is 0.403. The number of hydrogen-bond acceptors (Lipinski definition) is 4. The molecule has 0 saturated carbocycles. The molecule has 1 aliphatic heterocycles. The van der Waals surface area contributed by atoms with Crippen molar-refractivity contribution in [2.75, 3.05) is 6.54 Å². The van der Waals surface area contributed by atoms with Gasteiger partial charge in [0.15, 0.2) is 0 Å². The SMILES string of the molecule is O=[P+](O)Oc1ccc2c(n1)CCNC2. The monoisotopic (exact) mass is 213 g/mol. The predicted molar refractivity (Wildman–Crippen MR) is 50.1 cm³/mol. The zero-order valence-corrected chi connectivity index (χ0v) is 8.33. The first-order chi connectivity index (χ1) is 6.75. The fraction of sp³-hybridized carbons (Fsp3) is 0.375. The largest absolute Gasteiger partial charge is 0.749 e. The molecule has 0 saturated heterocycles. The maximum Gasteiger partial charge on any atom is 0.749 e. The van der Waals surface area contributed by atoms with Crippen LogP contribution in [0.4, 0.5) is 0 Å². The second kappa shape index (κ2) is 4.00. The predicted octanol–water partition coefficient (Wildman–Crippen LogP) is 0.756. The molecule has 1 unspecified atom stereocenters. The Kier molecular flexibility index (Phi) is 2.72. The van der Waals surface area contributed by atoms with Crippen molar-refractivity contribution in [3.8, 4) is 5.88 Å². The number of hydrogen-bond donors (Lipinski definition) is 2. The van der Waals surface area contributed by atoms with Gasteiger partial charge in [0, 0.05) is 30.1 Å². The molecule has 2 rings (SSSR count). The quantitative estimate of drug-likeness (QED) is 0.709. The maximum absolute atomic E-state index is 10.4. The molecule has 1 aromatic heterocycles. The Bertz CT molecular complexity index is 370. The summed E-state index contributed by atoms with van der Waals surface area (Å²) in [5.74, 6) is 0.217. The van der Waals surface area contributed by atoms with Crippen LogP contribution < -0.4 is 9.84 Å². The number of nitrogens with zero attached hydrogens (tertiary/aromatic N) is 1. The molecule has 5 nitrogen and oxygen atoms in total. The standard InChI is InChI=1S/C8H9N2O3P/c11-14(12)13-8-2-1-6-5-9-4-3-7(6)10-8/h1-2,9H,3-5H2/p+1. The van der Waals surface area contributed by atoms with Gasteiger partial charge in [0.25, 0.3) is 5.88 Å². The van der Waals surface area contributed by atoms with E-state index in [9.17, 15) is 4.57 Å². The van der Waals surface area contributed by atoms with Crippen molar-refractivity contribution in [2.24, 2.45) is 0 Å². The minimum atomic E-state index is -2.62. The smallest absolute Gasteiger partial charge is 0.312 e. The number of fused-ring (bicyclic) bond motifs is 1. The number of rotatable bonds is 2. The van der Waals surface area contributed by atoms with Crippen molar-refractivity contribution in [3.63, 3.8) is 0 Å². The van der Waals surface area contributed by atoms with Gasteiger partial charge < -0.3 is 5.32 Å². The van der Waals surface area contributed by atoms with Gasteiger partial charge in [-0.15, -0.1) is 4.89 Å². The lowest BCUT2D eigenvalue weighted by Crippen LogP contribution is -2.24. The van der Waals surface area contributed by atoms with Crippen LogP contribution in [0.2, 0.25) is 0 Å². The fourth-order valence-corrected chi connectivity index (χ4v) is 1.71. The van der Waals surface area contributed by atoms with E-state index >= 15 is 0 Å². The summed E-state index contributed by atoms with van der Waals surface area (Å²) in [7, 11) is -2.62. The summed E-state index contributed by atoms with van der Waals surface area (Å²) in [6.07, 6.45) is 0.828. The minimum Gasteiger partial charge on any atom is -0.312 e. The third-order valence-electron chi connectivity index (χ3n) is 2.07. The van der Waals surface area contributed by atoms with Gasteiger partial charge in [-0.2, -0.15) is 0 Å². The van der Waals surface area contributed by atoms with Crippen LogP contribution in [0.15, 0.2) is 12.1 Å². The van der Waals surface area contributed by atoms with E-state index in [1.807, 2.05) is 6.07 Å². The van der Waals surface area contributed by atoms with E-state index < -0.39 is 8.25 Å². The topological polar surface area (TPSA) is 71.5 Å². The summed E-state index contributed by atoms with van der Waals surface area (Å²) in [4.78, 5) is 12.7. The fourth-order valence-electron chi connectivity index (χ4n) is 1.45. The lowest BCUT2D eigenvalue weighted by atomic mass is 10.1. The Hall–Kier alpha value is -1.03. The molecule has 0 radical (unpaired) electrons. The van der Waals surface area contributed by atoms with Gasteiger partial charge in [-0.1, -0.05) is 6.07 Å². The van der Waals surface area contributed by atoms with Gasteiger partial charge in [-0.05, 0) is 5.56 Å². The summed E-state index contributed by atoms with van der Waals surface area (Å²) in [6, 6.07) is 3.47. The summed E-state index contributed by atoms with van der Waals surface area (Å²) >= 11 is 0. The van der Waals surface area contributed by atoms with Crippen molar-refractivity contribution in [3.05, 3.63) is 23.4 Å². The molecule has 14 heavy (non-hydrogen) atoms. The number of pyridine rings is 1. The van der Waals surface area contributed by atoms with Crippen molar-refractivity contribution < 1.29 is 14.0 Å². The normalized spacial score (nSPS) is 15.9. The van der Waals surface area contributed by atoms with Crippen LogP contribution in [0.25, 0.3) is 0 Å². The molecular weight excluding hydrogens is 203 g/mol. The van der Waals surface area contributed by atoms with Crippen LogP contribution in [0.1, 0.15) is 11.3 Å². The first-order valence-electron chi connectivity index (χ1n) is 4.29. The van der Waals surface area contributed by atoms with Crippen molar-refractivity contribution in [1.29, 1.82) is 0 Å². The number of nitrogens with one attached hydrogen (secondary N) is 1. The zero-order valence-electron chi connectivity index (χ0n) is 7.43. The maximum atomic E-state index is 10.4. The van der Waals surface area contributed by atoms with Crippen LogP contribution in [-0.2, 0) is 17.5 Å². The molecule has 74 valence electrons. The van der Waals surface area contributed by atoms with Gasteiger partial charge in [-0.3, -0.25) is 0 Å². The van der Waals surface area contributed by atoms with E-state index in [0.717, 1.165) is 30.8 Å². The molecule has 0 amide bonds. The first-order valence-corrected chi connectivity index (χ1v) is 5.42. The van der Waals surface area contributed by atoms with Crippen molar-refractivity contribution in [2.45, 2.75) is 13.0 Å². The molecule has 0 fully saturated rings. The molecule has 1 atom stereocenters.